The summed E-state index contributed by atoms with van der Waals surface area (Å²) in [5, 5.41) is 3.40. The maximum absolute atomic E-state index is 12.6. The van der Waals surface area contributed by atoms with Gasteiger partial charge in [-0.3, -0.25) is 19.7 Å². The van der Waals surface area contributed by atoms with Gasteiger partial charge in [0.05, 0.1) is 42.9 Å². The van der Waals surface area contributed by atoms with Gasteiger partial charge in [-0.1, -0.05) is 6.07 Å². The van der Waals surface area contributed by atoms with Crippen molar-refractivity contribution < 1.29 is 4.74 Å². The number of rotatable bonds is 4. The molecule has 0 amide bonds. The first-order valence-electron chi connectivity index (χ1n) is 8.40. The van der Waals surface area contributed by atoms with E-state index in [0.717, 1.165) is 5.69 Å². The van der Waals surface area contributed by atoms with E-state index in [1.165, 1.54) is 12.4 Å². The standard InChI is InChI=1S/C18H18N6O2/c25-17-9-15(14-4-6-19-12-22-14)23-18-16(11-26-8-7-24(17)18)21-10-13-3-1-2-5-20-13/h1-6,9,12,16,21H,7-8,10-11H2. The highest BCUT2D eigenvalue weighted by Gasteiger charge is 2.23. The first kappa shape index (κ1) is 16.5. The molecule has 0 fully saturated rings. The molecule has 1 aliphatic heterocycles. The number of hydrogen-bond donors (Lipinski definition) is 1. The van der Waals surface area contributed by atoms with Crippen molar-refractivity contribution in [3.05, 3.63) is 70.9 Å². The van der Waals surface area contributed by atoms with Crippen LogP contribution >= 0.6 is 0 Å². The molecular weight excluding hydrogens is 332 g/mol. The predicted octanol–water partition coefficient (Wildman–Crippen LogP) is 0.956. The van der Waals surface area contributed by atoms with E-state index < -0.39 is 0 Å². The van der Waals surface area contributed by atoms with Crippen LogP contribution in [-0.2, 0) is 17.8 Å². The Labute approximate surface area is 149 Å². The van der Waals surface area contributed by atoms with Crippen molar-refractivity contribution in [2.75, 3.05) is 13.2 Å². The second kappa shape index (κ2) is 7.51. The first-order valence-corrected chi connectivity index (χ1v) is 8.40. The Morgan fingerprint density at radius 2 is 2.15 bits per heavy atom. The van der Waals surface area contributed by atoms with Crippen molar-refractivity contribution in [2.45, 2.75) is 19.1 Å². The van der Waals surface area contributed by atoms with Gasteiger partial charge < -0.3 is 4.74 Å². The van der Waals surface area contributed by atoms with E-state index in [2.05, 4.69) is 20.3 Å². The molecule has 1 N–H and O–H groups in total. The fourth-order valence-corrected chi connectivity index (χ4v) is 2.90. The minimum Gasteiger partial charge on any atom is -0.377 e. The van der Waals surface area contributed by atoms with Crippen LogP contribution in [0.25, 0.3) is 11.4 Å². The van der Waals surface area contributed by atoms with E-state index in [4.69, 9.17) is 9.72 Å². The molecule has 26 heavy (non-hydrogen) atoms. The third-order valence-electron chi connectivity index (χ3n) is 4.19. The highest BCUT2D eigenvalue weighted by Crippen LogP contribution is 2.18. The molecule has 0 aromatic carbocycles. The summed E-state index contributed by atoms with van der Waals surface area (Å²) in [6.45, 7) is 1.95. The van der Waals surface area contributed by atoms with Crippen molar-refractivity contribution >= 4 is 0 Å². The second-order valence-corrected chi connectivity index (χ2v) is 5.91. The molecule has 132 valence electrons. The summed E-state index contributed by atoms with van der Waals surface area (Å²) in [4.78, 5) is 29.7. The molecule has 4 rings (SSSR count). The summed E-state index contributed by atoms with van der Waals surface area (Å²) in [5.74, 6) is 0.652. The number of hydrogen-bond acceptors (Lipinski definition) is 7. The molecule has 3 aromatic rings. The summed E-state index contributed by atoms with van der Waals surface area (Å²) in [7, 11) is 0. The van der Waals surface area contributed by atoms with Gasteiger partial charge in [0.1, 0.15) is 12.2 Å². The van der Waals surface area contributed by atoms with Crippen molar-refractivity contribution in [1.82, 2.24) is 29.8 Å². The number of fused-ring (bicyclic) bond motifs is 1. The van der Waals surface area contributed by atoms with Crippen molar-refractivity contribution in [1.29, 1.82) is 0 Å². The molecule has 0 saturated carbocycles. The van der Waals surface area contributed by atoms with Gasteiger partial charge in [0.25, 0.3) is 5.56 Å². The van der Waals surface area contributed by atoms with E-state index in [1.807, 2.05) is 18.2 Å². The largest absolute Gasteiger partial charge is 0.377 e. The molecule has 0 saturated heterocycles. The maximum atomic E-state index is 12.6. The average molecular weight is 350 g/mol. The smallest absolute Gasteiger partial charge is 0.254 e. The zero-order valence-corrected chi connectivity index (χ0v) is 14.1. The minimum atomic E-state index is -0.214. The van der Waals surface area contributed by atoms with Gasteiger partial charge in [0.15, 0.2) is 0 Å². The van der Waals surface area contributed by atoms with Crippen molar-refractivity contribution in [3.63, 3.8) is 0 Å². The molecule has 4 heterocycles. The van der Waals surface area contributed by atoms with Crippen molar-refractivity contribution in [2.24, 2.45) is 0 Å². The molecule has 0 radical (unpaired) electrons. The second-order valence-electron chi connectivity index (χ2n) is 5.91. The van der Waals surface area contributed by atoms with E-state index in [1.54, 1.807) is 23.0 Å². The number of pyridine rings is 1. The predicted molar refractivity (Wildman–Crippen MR) is 94.2 cm³/mol. The summed E-state index contributed by atoms with van der Waals surface area (Å²) in [5.41, 5.74) is 1.96. The van der Waals surface area contributed by atoms with Crippen LogP contribution in [0.4, 0.5) is 0 Å². The average Bonchev–Trinajstić information content (AvgIpc) is 2.90. The Morgan fingerprint density at radius 3 is 2.96 bits per heavy atom. The molecule has 3 aromatic heterocycles. The maximum Gasteiger partial charge on any atom is 0.254 e. The molecule has 8 heteroatoms. The Morgan fingerprint density at radius 1 is 1.19 bits per heavy atom. The van der Waals surface area contributed by atoms with Gasteiger partial charge in [-0.25, -0.2) is 15.0 Å². The van der Waals surface area contributed by atoms with Crippen LogP contribution < -0.4 is 10.9 Å². The van der Waals surface area contributed by atoms with Crippen molar-refractivity contribution in [3.8, 4) is 11.4 Å². The highest BCUT2D eigenvalue weighted by atomic mass is 16.5. The molecule has 1 aliphatic rings. The molecule has 0 bridgehead atoms. The summed E-state index contributed by atoms with van der Waals surface area (Å²) in [6.07, 6.45) is 4.83. The zero-order valence-electron chi connectivity index (χ0n) is 14.1. The lowest BCUT2D eigenvalue weighted by atomic mass is 10.2. The molecule has 0 aliphatic carbocycles. The first-order chi connectivity index (χ1) is 12.8. The van der Waals surface area contributed by atoms with Gasteiger partial charge in [0, 0.05) is 25.0 Å². The quantitative estimate of drug-likeness (QED) is 0.749. The Balaban J connectivity index is 1.68. The Hall–Kier alpha value is -2.97. The monoisotopic (exact) mass is 350 g/mol. The Kier molecular flexibility index (Phi) is 4.76. The number of ether oxygens (including phenoxy) is 1. The van der Waals surface area contributed by atoms with Gasteiger partial charge in [-0.05, 0) is 18.2 Å². The van der Waals surface area contributed by atoms with Gasteiger partial charge in [-0.15, -0.1) is 0 Å². The summed E-state index contributed by atoms with van der Waals surface area (Å²) >= 11 is 0. The van der Waals surface area contributed by atoms with Crippen LogP contribution in [0.5, 0.6) is 0 Å². The fraction of sp³-hybridized carbons (Fsp3) is 0.278. The lowest BCUT2D eigenvalue weighted by Gasteiger charge is -2.18. The van der Waals surface area contributed by atoms with E-state index in [9.17, 15) is 4.79 Å². The number of nitrogens with one attached hydrogen (secondary N) is 1. The normalized spacial score (nSPS) is 16.7. The molecule has 1 atom stereocenters. The van der Waals surface area contributed by atoms with Crippen LogP contribution in [0, 0.1) is 0 Å². The number of nitrogens with zero attached hydrogens (tertiary/aromatic N) is 5. The molecule has 0 spiro atoms. The van der Waals surface area contributed by atoms with Crippen LogP contribution in [0.2, 0.25) is 0 Å². The SMILES string of the molecule is O=c1cc(-c2ccncn2)nc2n1CCOCC2NCc1ccccn1. The third-order valence-corrected chi connectivity index (χ3v) is 4.19. The van der Waals surface area contributed by atoms with Crippen LogP contribution in [0.1, 0.15) is 17.6 Å². The number of aromatic nitrogens is 5. The van der Waals surface area contributed by atoms with E-state index in [-0.39, 0.29) is 11.6 Å². The van der Waals surface area contributed by atoms with E-state index in [0.29, 0.717) is 43.5 Å². The van der Waals surface area contributed by atoms with Gasteiger partial charge in [-0.2, -0.15) is 0 Å². The van der Waals surface area contributed by atoms with Crippen LogP contribution in [-0.4, -0.2) is 37.7 Å². The van der Waals surface area contributed by atoms with Gasteiger partial charge in [0.2, 0.25) is 0 Å². The highest BCUT2D eigenvalue weighted by molar-refractivity contribution is 5.52. The minimum absolute atomic E-state index is 0.112. The molecule has 8 nitrogen and oxygen atoms in total. The molecular formula is C18H18N6O2. The third kappa shape index (κ3) is 3.51. The van der Waals surface area contributed by atoms with Crippen LogP contribution in [0.3, 0.4) is 0 Å². The summed E-state index contributed by atoms with van der Waals surface area (Å²) < 4.78 is 7.33. The van der Waals surface area contributed by atoms with Gasteiger partial charge >= 0.3 is 0 Å². The van der Waals surface area contributed by atoms with E-state index >= 15 is 0 Å². The lowest BCUT2D eigenvalue weighted by molar-refractivity contribution is 0.117. The zero-order chi connectivity index (χ0) is 17.8. The summed E-state index contributed by atoms with van der Waals surface area (Å²) in [6, 6.07) is 8.80. The fourth-order valence-electron chi connectivity index (χ4n) is 2.90. The topological polar surface area (TPSA) is 94.8 Å². The van der Waals surface area contributed by atoms with Crippen LogP contribution in [0.15, 0.2) is 53.8 Å². The lowest BCUT2D eigenvalue weighted by Crippen LogP contribution is -2.32. The molecule has 1 unspecified atom stereocenters. The Bertz CT molecular complexity index is 929.